The van der Waals surface area contributed by atoms with Crippen LogP contribution >= 0.6 is 0 Å². The molecule has 1 amide bonds. The van der Waals surface area contributed by atoms with Gasteiger partial charge >= 0.3 is 6.01 Å². The van der Waals surface area contributed by atoms with Gasteiger partial charge in [0.05, 0.1) is 24.7 Å². The molecule has 0 aliphatic heterocycles. The van der Waals surface area contributed by atoms with E-state index in [1.807, 2.05) is 0 Å². The quantitative estimate of drug-likeness (QED) is 0.502. The van der Waals surface area contributed by atoms with Gasteiger partial charge in [0.2, 0.25) is 0 Å². The molecule has 0 fully saturated rings. The molecule has 2 aromatic carbocycles. The van der Waals surface area contributed by atoms with Crippen molar-refractivity contribution in [2.45, 2.75) is 26.2 Å². The van der Waals surface area contributed by atoms with Crippen molar-refractivity contribution in [2.75, 3.05) is 11.9 Å². The molecule has 29 heavy (non-hydrogen) atoms. The highest BCUT2D eigenvalue weighted by atomic mass is 19.1. The molecule has 1 heterocycles. The molecule has 1 N–H and O–H groups in total. The maximum atomic E-state index is 13.6. The van der Waals surface area contributed by atoms with E-state index in [1.54, 1.807) is 36.4 Å². The highest BCUT2D eigenvalue weighted by Gasteiger charge is 2.09. The Morgan fingerprint density at radius 1 is 1.03 bits per heavy atom. The first kappa shape index (κ1) is 20.3. The number of halogens is 1. The maximum Gasteiger partial charge on any atom is 0.322 e. The van der Waals surface area contributed by atoms with Gasteiger partial charge in [0.1, 0.15) is 5.75 Å². The van der Waals surface area contributed by atoms with Gasteiger partial charge in [-0.1, -0.05) is 31.9 Å². The number of hydrogen-bond acceptors (Lipinski definition) is 5. The van der Waals surface area contributed by atoms with E-state index in [0.717, 1.165) is 25.0 Å². The van der Waals surface area contributed by atoms with Gasteiger partial charge in [-0.05, 0) is 42.8 Å². The van der Waals surface area contributed by atoms with Gasteiger partial charge < -0.3 is 14.8 Å². The first-order chi connectivity index (χ1) is 14.2. The summed E-state index contributed by atoms with van der Waals surface area (Å²) in [5.74, 6) is -0.0444. The maximum absolute atomic E-state index is 13.6. The Morgan fingerprint density at radius 3 is 2.45 bits per heavy atom. The predicted octanol–water partition coefficient (Wildman–Crippen LogP) is 5.23. The summed E-state index contributed by atoms with van der Waals surface area (Å²) < 4.78 is 24.5. The van der Waals surface area contributed by atoms with Crippen LogP contribution in [0.2, 0.25) is 0 Å². The van der Waals surface area contributed by atoms with Crippen LogP contribution in [-0.4, -0.2) is 22.5 Å². The first-order valence-corrected chi connectivity index (χ1v) is 9.44. The van der Waals surface area contributed by atoms with Gasteiger partial charge in [0.15, 0.2) is 11.6 Å². The van der Waals surface area contributed by atoms with Crippen molar-refractivity contribution in [3.8, 4) is 17.5 Å². The van der Waals surface area contributed by atoms with Crippen LogP contribution in [0.4, 0.5) is 10.1 Å². The number of carbonyl (C=O) groups is 1. The average molecular weight is 395 g/mol. The van der Waals surface area contributed by atoms with E-state index in [0.29, 0.717) is 17.9 Å². The zero-order valence-corrected chi connectivity index (χ0v) is 16.1. The fraction of sp³-hybridized carbons (Fsp3) is 0.227. The molecule has 0 saturated carbocycles. The minimum Gasteiger partial charge on any atom is -0.494 e. The molecule has 0 aliphatic carbocycles. The molecule has 0 spiro atoms. The number of carbonyl (C=O) groups excluding carboxylic acids is 1. The number of rotatable bonds is 9. The molecule has 1 aromatic heterocycles. The number of hydrogen-bond donors (Lipinski definition) is 1. The Morgan fingerprint density at radius 2 is 1.76 bits per heavy atom. The number of unbranched alkanes of at least 4 members (excludes halogenated alkanes) is 2. The third-order valence-electron chi connectivity index (χ3n) is 4.06. The fourth-order valence-corrected chi connectivity index (χ4v) is 2.51. The van der Waals surface area contributed by atoms with Crippen LogP contribution < -0.4 is 14.8 Å². The monoisotopic (exact) mass is 395 g/mol. The van der Waals surface area contributed by atoms with Gasteiger partial charge in [-0.2, -0.15) is 0 Å². The van der Waals surface area contributed by atoms with Crippen LogP contribution in [0.5, 0.6) is 17.5 Å². The zero-order chi connectivity index (χ0) is 20.5. The Kier molecular flexibility index (Phi) is 7.10. The summed E-state index contributed by atoms with van der Waals surface area (Å²) in [4.78, 5) is 20.3. The molecule has 3 aromatic rings. The Bertz CT molecular complexity index is 931. The Hall–Kier alpha value is -3.48. The second kappa shape index (κ2) is 10.2. The van der Waals surface area contributed by atoms with Crippen LogP contribution in [0.15, 0.2) is 60.9 Å². The van der Waals surface area contributed by atoms with Crippen molar-refractivity contribution < 1.29 is 18.7 Å². The lowest BCUT2D eigenvalue weighted by Gasteiger charge is -2.08. The molecule has 0 saturated heterocycles. The van der Waals surface area contributed by atoms with Gasteiger partial charge in [0, 0.05) is 5.56 Å². The Labute approximate surface area is 168 Å². The summed E-state index contributed by atoms with van der Waals surface area (Å²) >= 11 is 0. The van der Waals surface area contributed by atoms with E-state index in [-0.39, 0.29) is 17.7 Å². The summed E-state index contributed by atoms with van der Waals surface area (Å²) in [7, 11) is 0. The second-order valence-electron chi connectivity index (χ2n) is 6.32. The smallest absolute Gasteiger partial charge is 0.322 e. The molecular formula is C22H22FN3O3. The molecule has 3 rings (SSSR count). The lowest BCUT2D eigenvalue weighted by molar-refractivity contribution is 0.102. The summed E-state index contributed by atoms with van der Waals surface area (Å²) in [5.41, 5.74) is 0.883. The second-order valence-corrected chi connectivity index (χ2v) is 6.32. The van der Waals surface area contributed by atoms with Crippen LogP contribution in [0, 0.1) is 5.82 Å². The minimum atomic E-state index is -0.508. The van der Waals surface area contributed by atoms with E-state index in [2.05, 4.69) is 22.2 Å². The zero-order valence-electron chi connectivity index (χ0n) is 16.1. The number of amides is 1. The molecule has 0 radical (unpaired) electrons. The highest BCUT2D eigenvalue weighted by Crippen LogP contribution is 2.21. The van der Waals surface area contributed by atoms with E-state index in [1.165, 1.54) is 24.5 Å². The number of benzene rings is 2. The number of nitrogens with one attached hydrogen (secondary N) is 1. The van der Waals surface area contributed by atoms with E-state index < -0.39 is 5.82 Å². The van der Waals surface area contributed by atoms with Gasteiger partial charge in [0.25, 0.3) is 5.91 Å². The standard InChI is InChI=1S/C22H22FN3O3/c1-2-3-6-13-28-18-11-9-16(10-12-18)21(27)26-17-14-24-22(25-15-17)29-20-8-5-4-7-19(20)23/h4-5,7-12,14-15H,2-3,6,13H2,1H3,(H,26,27). The van der Waals surface area contributed by atoms with Crippen molar-refractivity contribution in [3.63, 3.8) is 0 Å². The summed E-state index contributed by atoms with van der Waals surface area (Å²) in [6, 6.07) is 12.9. The third kappa shape index (κ3) is 6.00. The first-order valence-electron chi connectivity index (χ1n) is 9.44. The summed E-state index contributed by atoms with van der Waals surface area (Å²) in [6.45, 7) is 2.81. The van der Waals surface area contributed by atoms with Crippen LogP contribution in [-0.2, 0) is 0 Å². The lowest BCUT2D eigenvalue weighted by atomic mass is 10.2. The molecule has 0 unspecified atom stereocenters. The number of anilines is 1. The van der Waals surface area contributed by atoms with Crippen molar-refractivity contribution in [3.05, 3.63) is 72.3 Å². The molecule has 0 atom stereocenters. The van der Waals surface area contributed by atoms with Crippen molar-refractivity contribution in [1.29, 1.82) is 0 Å². The topological polar surface area (TPSA) is 73.3 Å². The summed E-state index contributed by atoms with van der Waals surface area (Å²) in [6.07, 6.45) is 6.07. The lowest BCUT2D eigenvalue weighted by Crippen LogP contribution is -2.12. The normalized spacial score (nSPS) is 10.4. The van der Waals surface area contributed by atoms with E-state index in [9.17, 15) is 9.18 Å². The molecular weight excluding hydrogens is 373 g/mol. The molecule has 7 heteroatoms. The molecule has 150 valence electrons. The van der Waals surface area contributed by atoms with Gasteiger partial charge in [-0.25, -0.2) is 14.4 Å². The molecule has 0 bridgehead atoms. The number of nitrogens with zero attached hydrogens (tertiary/aromatic N) is 2. The minimum absolute atomic E-state index is 0.0160. The van der Waals surface area contributed by atoms with Crippen molar-refractivity contribution in [1.82, 2.24) is 9.97 Å². The predicted molar refractivity (Wildman–Crippen MR) is 108 cm³/mol. The Balaban J connectivity index is 1.54. The van der Waals surface area contributed by atoms with E-state index >= 15 is 0 Å². The average Bonchev–Trinajstić information content (AvgIpc) is 2.75. The third-order valence-corrected chi connectivity index (χ3v) is 4.06. The number of aromatic nitrogens is 2. The van der Waals surface area contributed by atoms with E-state index in [4.69, 9.17) is 9.47 Å². The van der Waals surface area contributed by atoms with Crippen LogP contribution in [0.1, 0.15) is 36.5 Å². The number of ether oxygens (including phenoxy) is 2. The van der Waals surface area contributed by atoms with Crippen LogP contribution in [0.3, 0.4) is 0 Å². The SMILES string of the molecule is CCCCCOc1ccc(C(=O)Nc2cnc(Oc3ccccc3F)nc2)cc1. The van der Waals surface area contributed by atoms with Crippen LogP contribution in [0.25, 0.3) is 0 Å². The largest absolute Gasteiger partial charge is 0.494 e. The highest BCUT2D eigenvalue weighted by molar-refractivity contribution is 6.04. The molecule has 0 aliphatic rings. The summed E-state index contributed by atoms with van der Waals surface area (Å²) in [5, 5.41) is 2.71. The van der Waals surface area contributed by atoms with Crippen molar-refractivity contribution >= 4 is 11.6 Å². The number of para-hydroxylation sites is 1. The van der Waals surface area contributed by atoms with Gasteiger partial charge in [-0.15, -0.1) is 0 Å². The fourth-order valence-electron chi connectivity index (χ4n) is 2.51. The van der Waals surface area contributed by atoms with Crippen molar-refractivity contribution in [2.24, 2.45) is 0 Å². The van der Waals surface area contributed by atoms with Gasteiger partial charge in [-0.3, -0.25) is 4.79 Å². The molecule has 6 nitrogen and oxygen atoms in total.